The largest absolute Gasteiger partial charge is 0.484 e. The predicted octanol–water partition coefficient (Wildman–Crippen LogP) is 4.76. The number of aryl methyl sites for hydroxylation is 1. The molecule has 0 saturated carbocycles. The number of nitrogens with one attached hydrogen (secondary N) is 1. The molecule has 168 valence electrons. The zero-order valence-corrected chi connectivity index (χ0v) is 18.3. The number of carbonyl (C=O) groups is 1. The first-order valence-corrected chi connectivity index (χ1v) is 10.7. The van der Waals surface area contributed by atoms with Crippen LogP contribution < -0.4 is 10.1 Å². The molecule has 2 aromatic heterocycles. The van der Waals surface area contributed by atoms with Gasteiger partial charge in [0.15, 0.2) is 5.76 Å². The van der Waals surface area contributed by atoms with Gasteiger partial charge in [-0.15, -0.1) is 0 Å². The summed E-state index contributed by atoms with van der Waals surface area (Å²) in [5, 5.41) is 12.0. The molecule has 0 saturated heterocycles. The monoisotopic (exact) mass is 444 g/mol. The van der Waals surface area contributed by atoms with Crippen molar-refractivity contribution in [1.29, 1.82) is 5.26 Å². The van der Waals surface area contributed by atoms with Gasteiger partial charge in [0.25, 0.3) is 5.91 Å². The minimum atomic E-state index is -0.403. The van der Waals surface area contributed by atoms with Crippen LogP contribution in [-0.4, -0.2) is 28.7 Å². The normalized spacial score (nSPS) is 10.8. The quantitative estimate of drug-likeness (QED) is 0.354. The summed E-state index contributed by atoms with van der Waals surface area (Å²) in [5.41, 5.74) is 2.17. The lowest BCUT2D eigenvalue weighted by Crippen LogP contribution is -2.16. The highest BCUT2D eigenvalue weighted by molar-refractivity contribution is 6.02. The maximum atomic E-state index is 12.8. The first-order chi connectivity index (χ1) is 16.2. The predicted molar refractivity (Wildman–Crippen MR) is 123 cm³/mol. The van der Waals surface area contributed by atoms with Gasteiger partial charge in [-0.3, -0.25) is 10.1 Å². The number of amides is 1. The van der Waals surface area contributed by atoms with Crippen molar-refractivity contribution >= 4 is 22.9 Å². The number of nitrogens with zero attached hydrogens (tertiary/aromatic N) is 3. The zero-order chi connectivity index (χ0) is 23.0. The van der Waals surface area contributed by atoms with Crippen molar-refractivity contribution in [3.8, 4) is 11.8 Å². The van der Waals surface area contributed by atoms with E-state index in [9.17, 15) is 4.79 Å². The van der Waals surface area contributed by atoms with E-state index in [-0.39, 0.29) is 12.4 Å². The van der Waals surface area contributed by atoms with Crippen LogP contribution in [0.5, 0.6) is 5.75 Å². The van der Waals surface area contributed by atoms with E-state index in [4.69, 9.17) is 19.2 Å². The van der Waals surface area contributed by atoms with E-state index < -0.39 is 5.91 Å². The molecule has 1 amide bonds. The Kier molecular flexibility index (Phi) is 7.03. The Bertz CT molecular complexity index is 1290. The molecule has 0 aliphatic heterocycles. The third-order valence-electron chi connectivity index (χ3n) is 5.02. The average molecular weight is 444 g/mol. The van der Waals surface area contributed by atoms with Crippen LogP contribution in [0.2, 0.25) is 0 Å². The highest BCUT2D eigenvalue weighted by Gasteiger charge is 2.17. The minimum Gasteiger partial charge on any atom is -0.484 e. The molecule has 1 N–H and O–H groups in total. The van der Waals surface area contributed by atoms with Crippen molar-refractivity contribution in [3.63, 3.8) is 0 Å². The van der Waals surface area contributed by atoms with E-state index >= 15 is 0 Å². The number of ether oxygens (including phenoxy) is 2. The van der Waals surface area contributed by atoms with Gasteiger partial charge in [-0.1, -0.05) is 24.3 Å². The van der Waals surface area contributed by atoms with Gasteiger partial charge in [0.05, 0.1) is 16.6 Å². The number of para-hydroxylation sites is 3. The second-order valence-corrected chi connectivity index (χ2v) is 7.24. The maximum Gasteiger partial charge on any atom is 0.293 e. The number of fused-ring (bicyclic) bond motifs is 1. The van der Waals surface area contributed by atoms with E-state index in [0.29, 0.717) is 42.8 Å². The fraction of sp³-hybridized carbons (Fsp3) is 0.240. The molecule has 8 heteroatoms. The molecule has 2 heterocycles. The summed E-state index contributed by atoms with van der Waals surface area (Å²) in [6, 6.07) is 20.0. The molecule has 0 aliphatic rings. The molecule has 0 spiro atoms. The second-order valence-electron chi connectivity index (χ2n) is 7.24. The Morgan fingerprint density at radius 2 is 1.97 bits per heavy atom. The molecule has 0 aliphatic carbocycles. The van der Waals surface area contributed by atoms with Crippen LogP contribution in [0.1, 0.15) is 35.2 Å². The molecular weight excluding hydrogens is 420 g/mol. The fourth-order valence-electron chi connectivity index (χ4n) is 3.44. The number of anilines is 1. The SMILES string of the molecule is CCOCCCn1c(NC(=O)c2ccc(COc3ccccc3C#N)o2)nc2ccccc21. The van der Waals surface area contributed by atoms with Crippen LogP contribution >= 0.6 is 0 Å². The lowest BCUT2D eigenvalue weighted by atomic mass is 10.2. The van der Waals surface area contributed by atoms with E-state index in [1.807, 2.05) is 35.8 Å². The molecule has 33 heavy (non-hydrogen) atoms. The van der Waals surface area contributed by atoms with Crippen molar-refractivity contribution in [1.82, 2.24) is 9.55 Å². The number of carbonyl (C=O) groups excluding carboxylic acids is 1. The van der Waals surface area contributed by atoms with Gasteiger partial charge < -0.3 is 18.5 Å². The van der Waals surface area contributed by atoms with Crippen molar-refractivity contribution in [3.05, 3.63) is 77.7 Å². The van der Waals surface area contributed by atoms with Crippen molar-refractivity contribution in [2.45, 2.75) is 26.5 Å². The summed E-state index contributed by atoms with van der Waals surface area (Å²) < 4.78 is 18.7. The molecule has 0 fully saturated rings. The fourth-order valence-corrected chi connectivity index (χ4v) is 3.44. The number of nitriles is 1. The Balaban J connectivity index is 1.45. The third-order valence-corrected chi connectivity index (χ3v) is 5.02. The van der Waals surface area contributed by atoms with Gasteiger partial charge in [-0.05, 0) is 49.7 Å². The molecule has 0 atom stereocenters. The second kappa shape index (κ2) is 10.5. The molecule has 8 nitrogen and oxygen atoms in total. The van der Waals surface area contributed by atoms with E-state index in [2.05, 4.69) is 16.4 Å². The van der Waals surface area contributed by atoms with Crippen LogP contribution in [0.25, 0.3) is 11.0 Å². The lowest BCUT2D eigenvalue weighted by Gasteiger charge is -2.09. The molecule has 4 aromatic rings. The Labute approximate surface area is 191 Å². The van der Waals surface area contributed by atoms with Crippen LogP contribution in [-0.2, 0) is 17.9 Å². The Morgan fingerprint density at radius 1 is 1.15 bits per heavy atom. The first-order valence-electron chi connectivity index (χ1n) is 10.7. The molecule has 0 unspecified atom stereocenters. The zero-order valence-electron chi connectivity index (χ0n) is 18.3. The van der Waals surface area contributed by atoms with Crippen LogP contribution in [0.15, 0.2) is 65.1 Å². The molecule has 0 radical (unpaired) electrons. The van der Waals surface area contributed by atoms with Gasteiger partial charge in [0, 0.05) is 19.8 Å². The smallest absolute Gasteiger partial charge is 0.293 e. The summed E-state index contributed by atoms with van der Waals surface area (Å²) >= 11 is 0. The number of hydrogen-bond donors (Lipinski definition) is 1. The number of aromatic nitrogens is 2. The van der Waals surface area contributed by atoms with Crippen LogP contribution in [0.4, 0.5) is 5.95 Å². The van der Waals surface area contributed by atoms with Crippen LogP contribution in [0.3, 0.4) is 0 Å². The number of furan rings is 1. The van der Waals surface area contributed by atoms with Gasteiger partial charge in [-0.2, -0.15) is 5.26 Å². The Morgan fingerprint density at radius 3 is 2.82 bits per heavy atom. The van der Waals surface area contributed by atoms with Gasteiger partial charge in [0.1, 0.15) is 24.2 Å². The summed E-state index contributed by atoms with van der Waals surface area (Å²) in [6.45, 7) is 4.02. The summed E-state index contributed by atoms with van der Waals surface area (Å²) in [7, 11) is 0. The summed E-state index contributed by atoms with van der Waals surface area (Å²) in [4.78, 5) is 17.4. The van der Waals surface area contributed by atoms with Crippen molar-refractivity contribution in [2.75, 3.05) is 18.5 Å². The number of rotatable bonds is 10. The maximum absolute atomic E-state index is 12.8. The van der Waals surface area contributed by atoms with Gasteiger partial charge in [0.2, 0.25) is 5.95 Å². The van der Waals surface area contributed by atoms with E-state index in [1.165, 1.54) is 0 Å². The number of benzene rings is 2. The van der Waals surface area contributed by atoms with Crippen LogP contribution in [0, 0.1) is 11.3 Å². The van der Waals surface area contributed by atoms with E-state index in [0.717, 1.165) is 17.5 Å². The number of imidazole rings is 1. The molecule has 4 rings (SSSR count). The van der Waals surface area contributed by atoms with Gasteiger partial charge >= 0.3 is 0 Å². The van der Waals surface area contributed by atoms with Crippen molar-refractivity contribution in [2.24, 2.45) is 0 Å². The highest BCUT2D eigenvalue weighted by atomic mass is 16.5. The summed E-state index contributed by atoms with van der Waals surface area (Å²) in [5.74, 6) is 1.13. The molecule has 2 aromatic carbocycles. The minimum absolute atomic E-state index is 0.0991. The first kappa shape index (κ1) is 22.1. The topological polar surface area (TPSA) is 102 Å². The molecular formula is C25H24N4O4. The van der Waals surface area contributed by atoms with Gasteiger partial charge in [-0.25, -0.2) is 4.98 Å². The Hall–Kier alpha value is -4.09. The van der Waals surface area contributed by atoms with E-state index in [1.54, 1.807) is 36.4 Å². The average Bonchev–Trinajstić information content (AvgIpc) is 3.45. The lowest BCUT2D eigenvalue weighted by molar-refractivity contribution is 0.0991. The summed E-state index contributed by atoms with van der Waals surface area (Å²) in [6.07, 6.45) is 0.795. The highest BCUT2D eigenvalue weighted by Crippen LogP contribution is 2.22. The standard InChI is InChI=1S/C25H24N4O4/c1-2-31-15-7-14-29-21-10-5-4-9-20(21)27-25(29)28-24(30)23-13-12-19(33-23)17-32-22-11-6-3-8-18(22)16-26/h3-6,8-13H,2,7,14-15,17H2,1H3,(H,27,28,30). The molecule has 0 bridgehead atoms. The number of hydrogen-bond acceptors (Lipinski definition) is 6. The third kappa shape index (κ3) is 5.22. The van der Waals surface area contributed by atoms with Crippen molar-refractivity contribution < 1.29 is 18.7 Å².